The number of carbonyl (C=O) groups excluding carboxylic acids is 1. The topological polar surface area (TPSA) is 65.5 Å². The van der Waals surface area contributed by atoms with Gasteiger partial charge in [-0.25, -0.2) is 0 Å². The zero-order valence-corrected chi connectivity index (χ0v) is 20.9. The summed E-state index contributed by atoms with van der Waals surface area (Å²) in [5.41, 5.74) is 5.85. The highest BCUT2D eigenvalue weighted by molar-refractivity contribution is 5.95. The predicted molar refractivity (Wildman–Crippen MR) is 144 cm³/mol. The van der Waals surface area contributed by atoms with Crippen LogP contribution in [0, 0.1) is 13.8 Å². The van der Waals surface area contributed by atoms with Gasteiger partial charge in [-0.05, 0) is 62.1 Å². The first kappa shape index (κ1) is 24.2. The van der Waals surface area contributed by atoms with Crippen LogP contribution >= 0.6 is 0 Å². The highest BCUT2D eigenvalue weighted by atomic mass is 16.3. The van der Waals surface area contributed by atoms with Crippen molar-refractivity contribution < 1.29 is 9.90 Å². The van der Waals surface area contributed by atoms with E-state index in [2.05, 4.69) is 28.5 Å². The molecule has 4 aromatic rings. The summed E-state index contributed by atoms with van der Waals surface area (Å²) in [4.78, 5) is 20.0. The zero-order chi connectivity index (χ0) is 25.1. The number of likely N-dealkylation sites (tertiary alicyclic amines) is 1. The minimum absolute atomic E-state index is 0.0136. The van der Waals surface area contributed by atoms with Crippen molar-refractivity contribution in [1.29, 1.82) is 0 Å². The van der Waals surface area contributed by atoms with Gasteiger partial charge >= 0.3 is 0 Å². The van der Waals surface area contributed by atoms with Gasteiger partial charge in [0.25, 0.3) is 5.91 Å². The number of aryl methyl sites for hydroxylation is 2. The average Bonchev–Trinajstić information content (AvgIpc) is 2.91. The van der Waals surface area contributed by atoms with E-state index in [0.717, 1.165) is 34.0 Å². The Kier molecular flexibility index (Phi) is 7.12. The second-order valence-electron chi connectivity index (χ2n) is 9.89. The number of rotatable bonds is 6. The van der Waals surface area contributed by atoms with E-state index in [1.165, 1.54) is 5.56 Å². The molecule has 1 aliphatic heterocycles. The molecular formula is C31H33N3O2. The number of nitrogens with one attached hydrogen (secondary N) is 1. The van der Waals surface area contributed by atoms with Crippen molar-refractivity contribution in [3.8, 4) is 0 Å². The molecular weight excluding hydrogens is 446 g/mol. The average molecular weight is 480 g/mol. The molecule has 0 saturated carbocycles. The predicted octanol–water partition coefficient (Wildman–Crippen LogP) is 5.35. The summed E-state index contributed by atoms with van der Waals surface area (Å²) in [6.07, 6.45) is 2.60. The van der Waals surface area contributed by atoms with Gasteiger partial charge in [-0.2, -0.15) is 0 Å². The normalized spacial score (nSPS) is 18.8. The lowest BCUT2D eigenvalue weighted by molar-refractivity contribution is 0.0144. The number of fused-ring (bicyclic) bond motifs is 1. The van der Waals surface area contributed by atoms with Crippen LogP contribution in [0.1, 0.15) is 51.6 Å². The lowest BCUT2D eigenvalue weighted by Gasteiger charge is -2.42. The molecule has 5 nitrogen and oxygen atoms in total. The van der Waals surface area contributed by atoms with Gasteiger partial charge in [0.1, 0.15) is 0 Å². The molecule has 5 heteroatoms. The fourth-order valence-corrected chi connectivity index (χ4v) is 5.43. The van der Waals surface area contributed by atoms with E-state index < -0.39 is 6.10 Å². The number of amides is 1. The summed E-state index contributed by atoms with van der Waals surface area (Å²) in [5.74, 6) is -0.0136. The Labute approximate surface area is 212 Å². The molecule has 1 amide bonds. The Balaban J connectivity index is 1.38. The molecule has 1 aliphatic rings. The summed E-state index contributed by atoms with van der Waals surface area (Å²) in [6, 6.07) is 25.7. The molecule has 36 heavy (non-hydrogen) atoms. The van der Waals surface area contributed by atoms with Gasteiger partial charge in [0.2, 0.25) is 0 Å². The van der Waals surface area contributed by atoms with Gasteiger partial charge in [-0.15, -0.1) is 0 Å². The number of hydrogen-bond acceptors (Lipinski definition) is 4. The van der Waals surface area contributed by atoms with E-state index in [1.807, 2.05) is 85.6 Å². The summed E-state index contributed by atoms with van der Waals surface area (Å²) < 4.78 is 0. The van der Waals surface area contributed by atoms with Crippen molar-refractivity contribution in [2.45, 2.75) is 51.4 Å². The maximum atomic E-state index is 13.7. The number of aliphatic hydroxyl groups is 1. The van der Waals surface area contributed by atoms with Gasteiger partial charge in [0.15, 0.2) is 0 Å². The number of benzene rings is 3. The Morgan fingerprint density at radius 3 is 2.53 bits per heavy atom. The van der Waals surface area contributed by atoms with Gasteiger partial charge in [-0.3, -0.25) is 9.78 Å². The third kappa shape index (κ3) is 5.18. The molecule has 5 rings (SSSR count). The Morgan fingerprint density at radius 2 is 1.75 bits per heavy atom. The minimum Gasteiger partial charge on any atom is -0.386 e. The molecule has 1 fully saturated rings. The number of para-hydroxylation sites is 1. The molecule has 3 atom stereocenters. The minimum atomic E-state index is -0.757. The Morgan fingerprint density at radius 1 is 1.03 bits per heavy atom. The smallest absolute Gasteiger partial charge is 0.254 e. The van der Waals surface area contributed by atoms with Crippen LogP contribution in [0.2, 0.25) is 0 Å². The van der Waals surface area contributed by atoms with Crippen LogP contribution in [-0.2, 0) is 6.54 Å². The molecule has 0 radical (unpaired) electrons. The fourth-order valence-electron chi connectivity index (χ4n) is 5.43. The monoisotopic (exact) mass is 479 g/mol. The Hall–Kier alpha value is -3.54. The first-order valence-electron chi connectivity index (χ1n) is 12.7. The number of nitrogens with zero attached hydrogens (tertiary/aromatic N) is 2. The molecule has 0 unspecified atom stereocenters. The van der Waals surface area contributed by atoms with Crippen molar-refractivity contribution in [2.24, 2.45) is 0 Å². The van der Waals surface area contributed by atoms with Crippen molar-refractivity contribution in [2.75, 3.05) is 6.54 Å². The largest absolute Gasteiger partial charge is 0.386 e. The number of pyridine rings is 1. The summed E-state index contributed by atoms with van der Waals surface area (Å²) in [5, 5.41) is 16.3. The van der Waals surface area contributed by atoms with Gasteiger partial charge in [0, 0.05) is 36.3 Å². The maximum Gasteiger partial charge on any atom is 0.254 e. The second-order valence-corrected chi connectivity index (χ2v) is 9.89. The first-order chi connectivity index (χ1) is 17.5. The van der Waals surface area contributed by atoms with E-state index in [9.17, 15) is 9.90 Å². The summed E-state index contributed by atoms with van der Waals surface area (Å²) >= 11 is 0. The molecule has 0 spiro atoms. The lowest BCUT2D eigenvalue weighted by atomic mass is 9.89. The van der Waals surface area contributed by atoms with Crippen molar-refractivity contribution in [1.82, 2.24) is 15.2 Å². The van der Waals surface area contributed by atoms with Crippen molar-refractivity contribution >= 4 is 16.8 Å². The highest BCUT2D eigenvalue weighted by Gasteiger charge is 2.37. The van der Waals surface area contributed by atoms with Gasteiger partial charge in [-0.1, -0.05) is 65.7 Å². The standard InChI is InChI=1S/C31H33N3O2/c1-21-16-22(2)18-25(17-21)31(36)34-15-13-26(19-29(34)30(35)23-8-4-3-5-9-23)33-20-24-12-14-32-28-11-7-6-10-27(24)28/h3-12,14,16-18,26,29-30,33,35H,13,15,19-20H2,1-2H3/t26-,29-,30+/m1/s1. The third-order valence-electron chi connectivity index (χ3n) is 7.20. The van der Waals surface area contributed by atoms with Crippen LogP contribution in [0.5, 0.6) is 0 Å². The number of hydrogen-bond donors (Lipinski definition) is 2. The lowest BCUT2D eigenvalue weighted by Crippen LogP contribution is -2.53. The summed E-state index contributed by atoms with van der Waals surface area (Å²) in [7, 11) is 0. The molecule has 184 valence electrons. The quantitative estimate of drug-likeness (QED) is 0.391. The molecule has 2 heterocycles. The number of aromatic nitrogens is 1. The SMILES string of the molecule is Cc1cc(C)cc(C(=O)N2CC[C@@H](NCc3ccnc4ccccc34)C[C@@H]2[C@@H](O)c2ccccc2)c1. The van der Waals surface area contributed by atoms with E-state index in [0.29, 0.717) is 25.1 Å². The van der Waals surface area contributed by atoms with Crippen LogP contribution in [-0.4, -0.2) is 39.5 Å². The van der Waals surface area contributed by atoms with Crippen LogP contribution in [0.3, 0.4) is 0 Å². The molecule has 0 bridgehead atoms. The molecule has 0 aliphatic carbocycles. The Bertz CT molecular complexity index is 1330. The van der Waals surface area contributed by atoms with E-state index in [-0.39, 0.29) is 18.0 Å². The van der Waals surface area contributed by atoms with Gasteiger partial charge in [0.05, 0.1) is 17.7 Å². The fraction of sp³-hybridized carbons (Fsp3) is 0.290. The highest BCUT2D eigenvalue weighted by Crippen LogP contribution is 2.31. The first-order valence-corrected chi connectivity index (χ1v) is 12.7. The van der Waals surface area contributed by atoms with Crippen molar-refractivity contribution in [3.63, 3.8) is 0 Å². The number of piperidine rings is 1. The van der Waals surface area contributed by atoms with Crippen LogP contribution in [0.4, 0.5) is 0 Å². The van der Waals surface area contributed by atoms with E-state index in [4.69, 9.17) is 0 Å². The molecule has 3 aromatic carbocycles. The van der Waals surface area contributed by atoms with E-state index >= 15 is 0 Å². The van der Waals surface area contributed by atoms with Gasteiger partial charge < -0.3 is 15.3 Å². The second kappa shape index (κ2) is 10.6. The van der Waals surface area contributed by atoms with Crippen LogP contribution in [0.25, 0.3) is 10.9 Å². The third-order valence-corrected chi connectivity index (χ3v) is 7.20. The zero-order valence-electron chi connectivity index (χ0n) is 20.9. The maximum absolute atomic E-state index is 13.7. The van der Waals surface area contributed by atoms with Crippen molar-refractivity contribution in [3.05, 3.63) is 113 Å². The number of carbonyl (C=O) groups is 1. The van der Waals surface area contributed by atoms with E-state index in [1.54, 1.807) is 0 Å². The molecule has 2 N–H and O–H groups in total. The summed E-state index contributed by atoms with van der Waals surface area (Å²) in [6.45, 7) is 5.33. The molecule has 1 saturated heterocycles. The number of aliphatic hydroxyl groups excluding tert-OH is 1. The molecule has 1 aromatic heterocycles. The van der Waals surface area contributed by atoms with Crippen LogP contribution < -0.4 is 5.32 Å². The van der Waals surface area contributed by atoms with Crippen LogP contribution in [0.15, 0.2) is 85.1 Å².